The number of esters is 1. The number of carbonyl (C=O) groups excluding carboxylic acids is 1. The van der Waals surface area contributed by atoms with Gasteiger partial charge in [-0.15, -0.1) is 10.2 Å². The quantitative estimate of drug-likeness (QED) is 0.805. The highest BCUT2D eigenvalue weighted by Crippen LogP contribution is 2.12. The average molecular weight is 281 g/mol. The molecule has 1 aromatic heterocycles. The fraction of sp³-hybridized carbons (Fsp3) is 0.308. The predicted octanol–water partition coefficient (Wildman–Crippen LogP) is 2.09. The second-order valence-electron chi connectivity index (χ2n) is 4.13. The topological polar surface area (TPSA) is 57.0 Å². The van der Waals surface area contributed by atoms with E-state index in [-0.39, 0.29) is 19.0 Å². The molecule has 7 heteroatoms. The van der Waals surface area contributed by atoms with Crippen molar-refractivity contribution in [2.24, 2.45) is 0 Å². The number of halogens is 2. The lowest BCUT2D eigenvalue weighted by atomic mass is 10.2. The fourth-order valence-electron chi connectivity index (χ4n) is 1.74. The fourth-order valence-corrected chi connectivity index (χ4v) is 1.74. The number of aromatic nitrogens is 3. The summed E-state index contributed by atoms with van der Waals surface area (Å²) in [5.41, 5.74) is 0.498. The van der Waals surface area contributed by atoms with Crippen molar-refractivity contribution in [3.8, 4) is 0 Å². The van der Waals surface area contributed by atoms with Gasteiger partial charge >= 0.3 is 5.97 Å². The monoisotopic (exact) mass is 281 g/mol. The molecule has 1 aromatic carbocycles. The van der Waals surface area contributed by atoms with Crippen LogP contribution in [0.5, 0.6) is 0 Å². The molecule has 0 saturated heterocycles. The Morgan fingerprint density at radius 3 is 2.70 bits per heavy atom. The van der Waals surface area contributed by atoms with Crippen molar-refractivity contribution in [1.29, 1.82) is 0 Å². The highest BCUT2D eigenvalue weighted by molar-refractivity contribution is 5.85. The van der Waals surface area contributed by atoms with Gasteiger partial charge in [-0.05, 0) is 31.5 Å². The Morgan fingerprint density at radius 1 is 1.30 bits per heavy atom. The number of hydrogen-bond donors (Lipinski definition) is 0. The molecule has 0 aliphatic carbocycles. The van der Waals surface area contributed by atoms with Gasteiger partial charge in [-0.3, -0.25) is 0 Å². The second kappa shape index (κ2) is 5.77. The molecular weight excluding hydrogens is 268 g/mol. The van der Waals surface area contributed by atoms with Gasteiger partial charge in [-0.1, -0.05) is 6.07 Å². The molecule has 0 amide bonds. The van der Waals surface area contributed by atoms with Crippen LogP contribution in [0.25, 0.3) is 0 Å². The van der Waals surface area contributed by atoms with Gasteiger partial charge in [0.05, 0.1) is 13.2 Å². The van der Waals surface area contributed by atoms with Crippen LogP contribution in [0, 0.1) is 18.6 Å². The molecule has 0 saturated carbocycles. The molecule has 1 heterocycles. The van der Waals surface area contributed by atoms with Crippen LogP contribution >= 0.6 is 0 Å². The molecule has 0 atom stereocenters. The first-order valence-corrected chi connectivity index (χ1v) is 6.03. The Bertz CT molecular complexity index is 641. The second-order valence-corrected chi connectivity index (χ2v) is 4.13. The van der Waals surface area contributed by atoms with Crippen LogP contribution in [-0.4, -0.2) is 27.3 Å². The van der Waals surface area contributed by atoms with Gasteiger partial charge < -0.3 is 9.30 Å². The zero-order valence-electron chi connectivity index (χ0n) is 11.1. The van der Waals surface area contributed by atoms with Crippen LogP contribution in [0.1, 0.15) is 28.9 Å². The maximum absolute atomic E-state index is 13.2. The summed E-state index contributed by atoms with van der Waals surface area (Å²) >= 11 is 0. The van der Waals surface area contributed by atoms with Gasteiger partial charge in [-0.25, -0.2) is 13.6 Å². The lowest BCUT2D eigenvalue weighted by molar-refractivity contribution is 0.0506. The van der Waals surface area contributed by atoms with E-state index in [2.05, 4.69) is 10.2 Å². The molecule has 0 spiro atoms. The first kappa shape index (κ1) is 14.1. The van der Waals surface area contributed by atoms with Gasteiger partial charge in [0.2, 0.25) is 5.82 Å². The average Bonchev–Trinajstić information content (AvgIpc) is 2.76. The lowest BCUT2D eigenvalue weighted by Gasteiger charge is -2.08. The number of nitrogens with zero attached hydrogens (tertiary/aromatic N) is 3. The Balaban J connectivity index is 2.30. The summed E-state index contributed by atoms with van der Waals surface area (Å²) < 4.78 is 32.4. The SMILES string of the molecule is CCOC(=O)c1nnc(C)n1Cc1ccc(F)c(F)c1. The summed E-state index contributed by atoms with van der Waals surface area (Å²) in [7, 11) is 0. The van der Waals surface area contributed by atoms with E-state index < -0.39 is 17.6 Å². The third-order valence-corrected chi connectivity index (χ3v) is 2.72. The van der Waals surface area contributed by atoms with Gasteiger partial charge in [-0.2, -0.15) is 0 Å². The van der Waals surface area contributed by atoms with E-state index in [0.29, 0.717) is 11.4 Å². The van der Waals surface area contributed by atoms with Crippen molar-refractivity contribution < 1.29 is 18.3 Å². The molecule has 20 heavy (non-hydrogen) atoms. The predicted molar refractivity (Wildman–Crippen MR) is 66.2 cm³/mol. The van der Waals surface area contributed by atoms with Gasteiger partial charge in [0.15, 0.2) is 11.6 Å². The first-order chi connectivity index (χ1) is 9.52. The van der Waals surface area contributed by atoms with Crippen molar-refractivity contribution in [3.63, 3.8) is 0 Å². The van der Waals surface area contributed by atoms with E-state index in [1.54, 1.807) is 13.8 Å². The minimum absolute atomic E-state index is 0.0362. The maximum atomic E-state index is 13.2. The maximum Gasteiger partial charge on any atom is 0.376 e. The van der Waals surface area contributed by atoms with Crippen LogP contribution in [0.2, 0.25) is 0 Å². The van der Waals surface area contributed by atoms with Crippen LogP contribution in [0.3, 0.4) is 0 Å². The lowest BCUT2D eigenvalue weighted by Crippen LogP contribution is -2.15. The van der Waals surface area contributed by atoms with E-state index in [9.17, 15) is 13.6 Å². The minimum atomic E-state index is -0.939. The Kier molecular flexibility index (Phi) is 4.07. The van der Waals surface area contributed by atoms with E-state index in [1.165, 1.54) is 10.6 Å². The molecule has 0 aliphatic rings. The Morgan fingerprint density at radius 2 is 2.05 bits per heavy atom. The summed E-state index contributed by atoms with van der Waals surface area (Å²) in [5, 5.41) is 7.54. The standard InChI is InChI=1S/C13H13F2N3O2/c1-3-20-13(19)12-17-16-8(2)18(12)7-9-4-5-10(14)11(15)6-9/h4-6H,3,7H2,1-2H3. The normalized spacial score (nSPS) is 10.6. The van der Waals surface area contributed by atoms with E-state index >= 15 is 0 Å². The van der Waals surface area contributed by atoms with Gasteiger partial charge in [0.1, 0.15) is 5.82 Å². The highest BCUT2D eigenvalue weighted by atomic mass is 19.2. The summed E-state index contributed by atoms with van der Waals surface area (Å²) in [5.74, 6) is -1.94. The number of hydrogen-bond acceptors (Lipinski definition) is 4. The van der Waals surface area contributed by atoms with Crippen LogP contribution < -0.4 is 0 Å². The largest absolute Gasteiger partial charge is 0.460 e. The third-order valence-electron chi connectivity index (χ3n) is 2.72. The number of ether oxygens (including phenoxy) is 1. The highest BCUT2D eigenvalue weighted by Gasteiger charge is 2.18. The molecule has 5 nitrogen and oxygen atoms in total. The molecule has 106 valence electrons. The van der Waals surface area contributed by atoms with Crippen molar-refractivity contribution in [3.05, 3.63) is 47.0 Å². The van der Waals surface area contributed by atoms with E-state index in [1.807, 2.05) is 0 Å². The van der Waals surface area contributed by atoms with E-state index in [4.69, 9.17) is 4.74 Å². The van der Waals surface area contributed by atoms with Gasteiger partial charge in [0, 0.05) is 0 Å². The first-order valence-electron chi connectivity index (χ1n) is 6.03. The molecule has 0 N–H and O–H groups in total. The molecule has 2 rings (SSSR count). The van der Waals surface area contributed by atoms with Crippen LogP contribution in [0.4, 0.5) is 8.78 Å². The molecule has 0 bridgehead atoms. The molecule has 0 radical (unpaired) electrons. The van der Waals surface area contributed by atoms with Crippen LogP contribution in [0.15, 0.2) is 18.2 Å². The zero-order valence-corrected chi connectivity index (χ0v) is 11.1. The summed E-state index contributed by atoms with van der Waals surface area (Å²) in [6, 6.07) is 3.55. The number of carbonyl (C=O) groups is 1. The van der Waals surface area contributed by atoms with Crippen LogP contribution in [-0.2, 0) is 11.3 Å². The Hall–Kier alpha value is -2.31. The van der Waals surface area contributed by atoms with Crippen molar-refractivity contribution in [1.82, 2.24) is 14.8 Å². The molecule has 0 fully saturated rings. The number of rotatable bonds is 4. The minimum Gasteiger partial charge on any atom is -0.460 e. The van der Waals surface area contributed by atoms with Crippen molar-refractivity contribution >= 4 is 5.97 Å². The number of aryl methyl sites for hydroxylation is 1. The molecule has 0 unspecified atom stereocenters. The van der Waals surface area contributed by atoms with E-state index in [0.717, 1.165) is 12.1 Å². The molecular formula is C13H13F2N3O2. The summed E-state index contributed by atoms with van der Waals surface area (Å²) in [6.45, 7) is 3.72. The Labute approximate surface area is 114 Å². The molecule has 2 aromatic rings. The summed E-state index contributed by atoms with van der Waals surface area (Å²) in [4.78, 5) is 11.7. The summed E-state index contributed by atoms with van der Waals surface area (Å²) in [6.07, 6.45) is 0. The van der Waals surface area contributed by atoms with Crippen molar-refractivity contribution in [2.45, 2.75) is 20.4 Å². The molecule has 0 aliphatic heterocycles. The van der Waals surface area contributed by atoms with Crippen molar-refractivity contribution in [2.75, 3.05) is 6.61 Å². The number of benzene rings is 1. The smallest absolute Gasteiger partial charge is 0.376 e. The van der Waals surface area contributed by atoms with Gasteiger partial charge in [0.25, 0.3) is 0 Å². The third kappa shape index (κ3) is 2.81. The zero-order chi connectivity index (χ0) is 14.7.